The Hall–Kier alpha value is -0.810. The number of nitrogens with one attached hydrogen (secondary N) is 1. The maximum Gasteiger partial charge on any atom is 0.220 e. The Morgan fingerprint density at radius 1 is 1.04 bits per heavy atom. The van der Waals surface area contributed by atoms with Gasteiger partial charge in [-0.3, -0.25) is 9.69 Å². The average Bonchev–Trinajstić information content (AvgIpc) is 3.06. The normalized spacial score (nSPS) is 22.4. The maximum atomic E-state index is 12.3. The number of benzene rings is 1. The topological polar surface area (TPSA) is 58.4 Å². The molecule has 2 aliphatic carbocycles. The van der Waals surface area contributed by atoms with Crippen molar-refractivity contribution in [3.05, 3.63) is 35.4 Å². The van der Waals surface area contributed by atoms with Gasteiger partial charge in [-0.1, -0.05) is 49.9 Å². The van der Waals surface area contributed by atoms with Crippen molar-refractivity contribution in [2.24, 2.45) is 11.7 Å². The molecular formula is C22H37Cl2N3O. The lowest BCUT2D eigenvalue weighted by Gasteiger charge is -2.31. The molecule has 1 aromatic carbocycles. The Morgan fingerprint density at radius 3 is 2.36 bits per heavy atom. The number of amides is 1. The summed E-state index contributed by atoms with van der Waals surface area (Å²) >= 11 is 0. The number of nitrogens with zero attached hydrogens (tertiary/aromatic N) is 1. The second-order valence-electron chi connectivity index (χ2n) is 8.31. The molecule has 0 radical (unpaired) electrons. The lowest BCUT2D eigenvalue weighted by molar-refractivity contribution is -0.122. The summed E-state index contributed by atoms with van der Waals surface area (Å²) in [5.74, 6) is 0.505. The zero-order valence-electron chi connectivity index (χ0n) is 17.1. The van der Waals surface area contributed by atoms with Gasteiger partial charge in [-0.25, -0.2) is 0 Å². The van der Waals surface area contributed by atoms with E-state index in [0.717, 1.165) is 25.8 Å². The van der Waals surface area contributed by atoms with E-state index < -0.39 is 0 Å². The fraction of sp³-hybridized carbons (Fsp3) is 0.682. The van der Waals surface area contributed by atoms with Gasteiger partial charge in [0.25, 0.3) is 0 Å². The summed E-state index contributed by atoms with van der Waals surface area (Å²) < 4.78 is 0. The molecule has 2 saturated carbocycles. The first-order valence-corrected chi connectivity index (χ1v) is 10.4. The van der Waals surface area contributed by atoms with Crippen molar-refractivity contribution in [2.75, 3.05) is 7.05 Å². The Morgan fingerprint density at radius 2 is 1.71 bits per heavy atom. The third-order valence-electron chi connectivity index (χ3n) is 6.38. The number of nitrogens with two attached hydrogens (primary N) is 1. The molecule has 1 amide bonds. The molecule has 6 heteroatoms. The van der Waals surface area contributed by atoms with Crippen LogP contribution in [0.5, 0.6) is 0 Å². The summed E-state index contributed by atoms with van der Waals surface area (Å²) in [5, 5.41) is 3.13. The van der Waals surface area contributed by atoms with E-state index >= 15 is 0 Å². The van der Waals surface area contributed by atoms with Crippen LogP contribution in [0.1, 0.15) is 68.9 Å². The summed E-state index contributed by atoms with van der Waals surface area (Å²) in [4.78, 5) is 14.8. The molecule has 1 aromatic rings. The van der Waals surface area contributed by atoms with Crippen LogP contribution >= 0.6 is 24.8 Å². The van der Waals surface area contributed by atoms with Gasteiger partial charge < -0.3 is 11.1 Å². The smallest absolute Gasteiger partial charge is 0.220 e. The summed E-state index contributed by atoms with van der Waals surface area (Å²) in [7, 11) is 2.24. The Balaban J connectivity index is 0.00000196. The number of rotatable bonds is 7. The van der Waals surface area contributed by atoms with E-state index in [-0.39, 0.29) is 36.8 Å². The number of carbonyl (C=O) groups is 1. The van der Waals surface area contributed by atoms with Crippen LogP contribution in [0, 0.1) is 5.92 Å². The van der Waals surface area contributed by atoms with E-state index in [1.807, 2.05) is 0 Å². The van der Waals surface area contributed by atoms with Crippen LogP contribution < -0.4 is 11.1 Å². The first-order valence-electron chi connectivity index (χ1n) is 10.4. The van der Waals surface area contributed by atoms with E-state index in [4.69, 9.17) is 5.73 Å². The van der Waals surface area contributed by atoms with Crippen molar-refractivity contribution in [2.45, 2.75) is 83.0 Å². The molecule has 2 aliphatic rings. The zero-order chi connectivity index (χ0) is 18.4. The van der Waals surface area contributed by atoms with E-state index in [1.165, 1.54) is 43.2 Å². The van der Waals surface area contributed by atoms with E-state index in [0.29, 0.717) is 24.9 Å². The Kier molecular flexibility index (Phi) is 11.4. The highest BCUT2D eigenvalue weighted by molar-refractivity contribution is 5.85. The van der Waals surface area contributed by atoms with Crippen LogP contribution in [0.25, 0.3) is 0 Å². The lowest BCUT2D eigenvalue weighted by atomic mass is 9.94. The number of carbonyl (C=O) groups excluding carboxylic acids is 1. The third kappa shape index (κ3) is 7.22. The van der Waals surface area contributed by atoms with Crippen LogP contribution in [0.2, 0.25) is 0 Å². The van der Waals surface area contributed by atoms with Crippen molar-refractivity contribution < 1.29 is 4.79 Å². The van der Waals surface area contributed by atoms with Gasteiger partial charge in [-0.2, -0.15) is 0 Å². The van der Waals surface area contributed by atoms with Crippen molar-refractivity contribution in [3.8, 4) is 0 Å². The molecule has 4 nitrogen and oxygen atoms in total. The molecule has 0 spiro atoms. The zero-order valence-corrected chi connectivity index (χ0v) is 18.7. The molecule has 0 bridgehead atoms. The monoisotopic (exact) mass is 429 g/mol. The molecule has 3 rings (SSSR count). The summed E-state index contributed by atoms with van der Waals surface area (Å²) in [6, 6.07) is 9.43. The van der Waals surface area contributed by atoms with Crippen molar-refractivity contribution in [1.82, 2.24) is 10.2 Å². The molecule has 2 atom stereocenters. The first kappa shape index (κ1) is 25.2. The quantitative estimate of drug-likeness (QED) is 0.673. The SMILES string of the molecule is CN(Cc1ccccc1CNC(=O)C[C@@H]1CCC[C@H]1N)C1CCCCC1.Cl.Cl. The lowest BCUT2D eigenvalue weighted by Crippen LogP contribution is -2.34. The fourth-order valence-corrected chi connectivity index (χ4v) is 4.63. The summed E-state index contributed by atoms with van der Waals surface area (Å²) in [5.41, 5.74) is 8.67. The highest BCUT2D eigenvalue weighted by Crippen LogP contribution is 2.27. The van der Waals surface area contributed by atoms with Gasteiger partial charge >= 0.3 is 0 Å². The molecule has 0 aliphatic heterocycles. The molecule has 0 unspecified atom stereocenters. The molecule has 0 heterocycles. The standard InChI is InChI=1S/C22H35N3O.2ClH/c1-25(20-11-3-2-4-12-20)16-19-9-6-5-8-18(19)15-24-22(26)14-17-10-7-13-21(17)23;;/h5-6,8-9,17,20-21H,2-4,7,10-16,23H2,1H3,(H,24,26);2*1H/t17-,21+;;/m0../s1. The Labute approximate surface area is 182 Å². The summed E-state index contributed by atoms with van der Waals surface area (Å²) in [6.45, 7) is 1.58. The van der Waals surface area contributed by atoms with Gasteiger partial charge in [-0.05, 0) is 49.8 Å². The van der Waals surface area contributed by atoms with Crippen LogP contribution in [0.15, 0.2) is 24.3 Å². The van der Waals surface area contributed by atoms with Crippen LogP contribution in [0.3, 0.4) is 0 Å². The average molecular weight is 430 g/mol. The fourth-order valence-electron chi connectivity index (χ4n) is 4.63. The highest BCUT2D eigenvalue weighted by atomic mass is 35.5. The maximum absolute atomic E-state index is 12.3. The molecular weight excluding hydrogens is 393 g/mol. The molecule has 3 N–H and O–H groups in total. The minimum absolute atomic E-state index is 0. The molecule has 28 heavy (non-hydrogen) atoms. The van der Waals surface area contributed by atoms with Crippen molar-refractivity contribution in [3.63, 3.8) is 0 Å². The molecule has 0 aromatic heterocycles. The third-order valence-corrected chi connectivity index (χ3v) is 6.38. The Bertz CT molecular complexity index is 593. The number of hydrogen-bond acceptors (Lipinski definition) is 3. The van der Waals surface area contributed by atoms with Gasteiger partial charge in [-0.15, -0.1) is 24.8 Å². The number of hydrogen-bond donors (Lipinski definition) is 2. The van der Waals surface area contributed by atoms with Gasteiger partial charge in [0.15, 0.2) is 0 Å². The molecule has 2 fully saturated rings. The molecule has 160 valence electrons. The van der Waals surface area contributed by atoms with Crippen LogP contribution in [-0.2, 0) is 17.9 Å². The van der Waals surface area contributed by atoms with E-state index in [2.05, 4.69) is 41.5 Å². The summed E-state index contributed by atoms with van der Waals surface area (Å²) in [6.07, 6.45) is 10.6. The van der Waals surface area contributed by atoms with Gasteiger partial charge in [0.1, 0.15) is 0 Å². The van der Waals surface area contributed by atoms with Gasteiger partial charge in [0.05, 0.1) is 0 Å². The van der Waals surface area contributed by atoms with Gasteiger partial charge in [0.2, 0.25) is 5.91 Å². The predicted octanol–water partition coefficient (Wildman–Crippen LogP) is 4.43. The first-order chi connectivity index (χ1) is 12.6. The van der Waals surface area contributed by atoms with E-state index in [1.54, 1.807) is 0 Å². The largest absolute Gasteiger partial charge is 0.352 e. The second kappa shape index (κ2) is 12.7. The minimum atomic E-state index is 0. The van der Waals surface area contributed by atoms with Crippen LogP contribution in [-0.4, -0.2) is 29.9 Å². The van der Waals surface area contributed by atoms with E-state index in [9.17, 15) is 4.79 Å². The number of halogens is 2. The molecule has 0 saturated heterocycles. The van der Waals surface area contributed by atoms with Crippen molar-refractivity contribution >= 4 is 30.7 Å². The predicted molar refractivity (Wildman–Crippen MR) is 121 cm³/mol. The van der Waals surface area contributed by atoms with Gasteiger partial charge in [0, 0.05) is 31.6 Å². The highest BCUT2D eigenvalue weighted by Gasteiger charge is 2.26. The van der Waals surface area contributed by atoms with Crippen molar-refractivity contribution in [1.29, 1.82) is 0 Å². The van der Waals surface area contributed by atoms with Crippen LogP contribution in [0.4, 0.5) is 0 Å². The second-order valence-corrected chi connectivity index (χ2v) is 8.31. The minimum Gasteiger partial charge on any atom is -0.352 e.